The Morgan fingerprint density at radius 1 is 1.15 bits per heavy atom. The van der Waals surface area contributed by atoms with E-state index in [2.05, 4.69) is 5.10 Å². The van der Waals surface area contributed by atoms with Crippen molar-refractivity contribution >= 4 is 16.9 Å². The number of benzene rings is 2. The summed E-state index contributed by atoms with van der Waals surface area (Å²) in [5.41, 5.74) is 4.07. The number of aromatic nitrogens is 2. The predicted octanol–water partition coefficient (Wildman–Crippen LogP) is 3.34. The summed E-state index contributed by atoms with van der Waals surface area (Å²) in [6, 6.07) is 13.1. The highest BCUT2D eigenvalue weighted by atomic mass is 16.4. The lowest BCUT2D eigenvalue weighted by molar-refractivity contribution is 0.0697. The van der Waals surface area contributed by atoms with Gasteiger partial charge >= 0.3 is 5.97 Å². The monoisotopic (exact) mass is 266 g/mol. The minimum atomic E-state index is -0.916. The van der Waals surface area contributed by atoms with Gasteiger partial charge in [0.05, 0.1) is 22.5 Å². The summed E-state index contributed by atoms with van der Waals surface area (Å²) in [5.74, 6) is -0.916. The fourth-order valence-corrected chi connectivity index (χ4v) is 2.43. The molecule has 0 atom stereocenters. The first-order valence-electron chi connectivity index (χ1n) is 6.36. The number of carboxylic acids is 1. The predicted molar refractivity (Wildman–Crippen MR) is 77.5 cm³/mol. The van der Waals surface area contributed by atoms with Crippen LogP contribution in [0, 0.1) is 13.8 Å². The largest absolute Gasteiger partial charge is 0.478 e. The van der Waals surface area contributed by atoms with Crippen molar-refractivity contribution in [3.05, 3.63) is 59.3 Å². The molecule has 2 aromatic carbocycles. The fourth-order valence-electron chi connectivity index (χ4n) is 2.43. The van der Waals surface area contributed by atoms with Crippen molar-refractivity contribution < 1.29 is 9.90 Å². The molecule has 0 saturated carbocycles. The Bertz CT molecular complexity index is 818. The zero-order valence-electron chi connectivity index (χ0n) is 11.3. The Morgan fingerprint density at radius 2 is 1.90 bits per heavy atom. The molecule has 3 rings (SSSR count). The van der Waals surface area contributed by atoms with E-state index in [1.807, 2.05) is 42.8 Å². The van der Waals surface area contributed by atoms with Gasteiger partial charge in [0.2, 0.25) is 0 Å². The van der Waals surface area contributed by atoms with Crippen molar-refractivity contribution in [3.63, 3.8) is 0 Å². The van der Waals surface area contributed by atoms with Crippen molar-refractivity contribution in [1.82, 2.24) is 9.78 Å². The standard InChI is InChI=1S/C16H14N2O2/c1-10-9-12(16(19)20)7-8-14(10)18-15-6-4-3-5-13(15)11(2)17-18/h3-9H,1-2H3,(H,19,20). The van der Waals surface area contributed by atoms with Crippen molar-refractivity contribution in [2.24, 2.45) is 0 Å². The Hall–Kier alpha value is -2.62. The molecule has 1 N–H and O–H groups in total. The van der Waals surface area contributed by atoms with Crippen molar-refractivity contribution in [2.75, 3.05) is 0 Å². The number of carbonyl (C=O) groups is 1. The van der Waals surface area contributed by atoms with Gasteiger partial charge in [-0.2, -0.15) is 5.10 Å². The smallest absolute Gasteiger partial charge is 0.335 e. The summed E-state index contributed by atoms with van der Waals surface area (Å²) < 4.78 is 1.87. The summed E-state index contributed by atoms with van der Waals surface area (Å²) in [7, 11) is 0. The second-order valence-electron chi connectivity index (χ2n) is 4.82. The number of rotatable bonds is 2. The van der Waals surface area contributed by atoms with Gasteiger partial charge in [-0.3, -0.25) is 0 Å². The molecule has 0 amide bonds. The molecule has 0 fully saturated rings. The SMILES string of the molecule is Cc1cc(C(=O)O)ccc1-n1nc(C)c2ccccc21. The molecule has 100 valence electrons. The van der Waals surface area contributed by atoms with Gasteiger partial charge in [-0.1, -0.05) is 18.2 Å². The Balaban J connectivity index is 2.24. The number of hydrogen-bond acceptors (Lipinski definition) is 2. The molecule has 0 radical (unpaired) electrons. The van der Waals surface area contributed by atoms with Gasteiger partial charge in [0.25, 0.3) is 0 Å². The van der Waals surface area contributed by atoms with E-state index in [-0.39, 0.29) is 0 Å². The first-order chi connectivity index (χ1) is 9.58. The van der Waals surface area contributed by atoms with E-state index < -0.39 is 5.97 Å². The number of carboxylic acid groups (broad SMARTS) is 1. The second kappa shape index (κ2) is 4.49. The Morgan fingerprint density at radius 3 is 2.60 bits per heavy atom. The van der Waals surface area contributed by atoms with E-state index in [1.54, 1.807) is 18.2 Å². The minimum absolute atomic E-state index is 0.291. The molecule has 0 aliphatic rings. The molecule has 20 heavy (non-hydrogen) atoms. The van der Waals surface area contributed by atoms with Crippen LogP contribution in [-0.4, -0.2) is 20.9 Å². The topological polar surface area (TPSA) is 55.1 Å². The minimum Gasteiger partial charge on any atom is -0.478 e. The van der Waals surface area contributed by atoms with Gasteiger partial charge < -0.3 is 5.11 Å². The molecule has 1 aromatic heterocycles. The Labute approximate surface area is 116 Å². The van der Waals surface area contributed by atoms with Gasteiger partial charge in [0.15, 0.2) is 0 Å². The second-order valence-corrected chi connectivity index (χ2v) is 4.82. The highest BCUT2D eigenvalue weighted by molar-refractivity contribution is 5.88. The number of para-hydroxylation sites is 1. The highest BCUT2D eigenvalue weighted by Crippen LogP contribution is 2.23. The number of aromatic carboxylic acids is 1. The molecular formula is C16H14N2O2. The van der Waals surface area contributed by atoms with Crippen LogP contribution < -0.4 is 0 Å². The van der Waals surface area contributed by atoms with Crippen LogP contribution in [0.15, 0.2) is 42.5 Å². The van der Waals surface area contributed by atoms with Crippen LogP contribution in [-0.2, 0) is 0 Å². The number of nitrogens with zero attached hydrogens (tertiary/aromatic N) is 2. The number of hydrogen-bond donors (Lipinski definition) is 1. The first kappa shape index (κ1) is 12.4. The highest BCUT2D eigenvalue weighted by Gasteiger charge is 2.12. The third-order valence-electron chi connectivity index (χ3n) is 3.44. The van der Waals surface area contributed by atoms with Gasteiger partial charge in [0, 0.05) is 5.39 Å². The molecule has 0 unspecified atom stereocenters. The average molecular weight is 266 g/mol. The molecule has 4 heteroatoms. The van der Waals surface area contributed by atoms with E-state index in [4.69, 9.17) is 5.11 Å². The molecule has 0 aliphatic heterocycles. The molecular weight excluding hydrogens is 252 g/mol. The summed E-state index contributed by atoms with van der Waals surface area (Å²) in [4.78, 5) is 11.0. The maximum Gasteiger partial charge on any atom is 0.335 e. The third-order valence-corrected chi connectivity index (χ3v) is 3.44. The van der Waals surface area contributed by atoms with Crippen molar-refractivity contribution in [3.8, 4) is 5.69 Å². The molecule has 0 spiro atoms. The molecule has 0 aliphatic carbocycles. The third kappa shape index (κ3) is 1.86. The van der Waals surface area contributed by atoms with Gasteiger partial charge in [-0.25, -0.2) is 9.48 Å². The van der Waals surface area contributed by atoms with Crippen LogP contribution in [0.4, 0.5) is 0 Å². The number of aryl methyl sites for hydroxylation is 2. The molecule has 0 bridgehead atoms. The van der Waals surface area contributed by atoms with Crippen molar-refractivity contribution in [1.29, 1.82) is 0 Å². The van der Waals surface area contributed by atoms with Gasteiger partial charge in [-0.15, -0.1) is 0 Å². The van der Waals surface area contributed by atoms with Crippen LogP contribution in [0.2, 0.25) is 0 Å². The van der Waals surface area contributed by atoms with Crippen LogP contribution in [0.3, 0.4) is 0 Å². The van der Waals surface area contributed by atoms with Crippen LogP contribution >= 0.6 is 0 Å². The van der Waals surface area contributed by atoms with E-state index in [1.165, 1.54) is 0 Å². The zero-order chi connectivity index (χ0) is 14.3. The lowest BCUT2D eigenvalue weighted by Gasteiger charge is -2.08. The van der Waals surface area contributed by atoms with E-state index in [9.17, 15) is 4.79 Å². The Kier molecular flexibility index (Phi) is 2.79. The molecule has 3 aromatic rings. The van der Waals surface area contributed by atoms with Crippen LogP contribution in [0.5, 0.6) is 0 Å². The normalized spacial score (nSPS) is 10.9. The molecule has 0 saturated heterocycles. The van der Waals surface area contributed by atoms with Gasteiger partial charge in [-0.05, 0) is 43.7 Å². The maximum absolute atomic E-state index is 11.0. The lowest BCUT2D eigenvalue weighted by Crippen LogP contribution is -2.02. The quantitative estimate of drug-likeness (QED) is 0.774. The summed E-state index contributed by atoms with van der Waals surface area (Å²) >= 11 is 0. The summed E-state index contributed by atoms with van der Waals surface area (Å²) in [6.07, 6.45) is 0. The van der Waals surface area contributed by atoms with E-state index in [0.717, 1.165) is 27.8 Å². The maximum atomic E-state index is 11.0. The van der Waals surface area contributed by atoms with Crippen LogP contribution in [0.1, 0.15) is 21.6 Å². The summed E-state index contributed by atoms with van der Waals surface area (Å²) in [6.45, 7) is 3.87. The van der Waals surface area contributed by atoms with E-state index >= 15 is 0 Å². The van der Waals surface area contributed by atoms with Crippen LogP contribution in [0.25, 0.3) is 16.6 Å². The van der Waals surface area contributed by atoms with Gasteiger partial charge in [0.1, 0.15) is 0 Å². The summed E-state index contributed by atoms with van der Waals surface area (Å²) in [5, 5.41) is 14.7. The lowest BCUT2D eigenvalue weighted by atomic mass is 10.1. The van der Waals surface area contributed by atoms with Crippen molar-refractivity contribution in [2.45, 2.75) is 13.8 Å². The zero-order valence-corrected chi connectivity index (χ0v) is 11.3. The molecule has 4 nitrogen and oxygen atoms in total. The number of fused-ring (bicyclic) bond motifs is 1. The molecule has 1 heterocycles. The van der Waals surface area contributed by atoms with E-state index in [0.29, 0.717) is 5.56 Å². The first-order valence-corrected chi connectivity index (χ1v) is 6.36. The fraction of sp³-hybridized carbons (Fsp3) is 0.125. The average Bonchev–Trinajstić information content (AvgIpc) is 2.76.